The van der Waals surface area contributed by atoms with Gasteiger partial charge in [-0.05, 0) is 18.6 Å². The highest BCUT2D eigenvalue weighted by Crippen LogP contribution is 2.43. The zero-order valence-corrected chi connectivity index (χ0v) is 11.8. The summed E-state index contributed by atoms with van der Waals surface area (Å²) >= 11 is 5.84. The second kappa shape index (κ2) is 4.90. The number of aryl methyl sites for hydroxylation is 1. The van der Waals surface area contributed by atoms with Crippen LogP contribution < -0.4 is 0 Å². The van der Waals surface area contributed by atoms with E-state index in [9.17, 15) is 14.7 Å². The van der Waals surface area contributed by atoms with E-state index in [0.717, 1.165) is 5.56 Å². The molecular formula is C16H11ClO4. The molecule has 0 amide bonds. The van der Waals surface area contributed by atoms with E-state index in [1.165, 1.54) is 12.2 Å². The Morgan fingerprint density at radius 3 is 2.76 bits per heavy atom. The van der Waals surface area contributed by atoms with E-state index in [0.29, 0.717) is 5.56 Å². The van der Waals surface area contributed by atoms with Gasteiger partial charge in [0.1, 0.15) is 5.76 Å². The molecule has 0 fully saturated rings. The number of carboxylic acid groups (broad SMARTS) is 1. The molecule has 5 heteroatoms. The van der Waals surface area contributed by atoms with Crippen LogP contribution in [-0.4, -0.2) is 16.9 Å². The van der Waals surface area contributed by atoms with Crippen LogP contribution >= 0.6 is 11.6 Å². The predicted molar refractivity (Wildman–Crippen MR) is 76.7 cm³/mol. The Morgan fingerprint density at radius 1 is 1.33 bits per heavy atom. The van der Waals surface area contributed by atoms with Gasteiger partial charge in [-0.3, -0.25) is 4.79 Å². The van der Waals surface area contributed by atoms with E-state index < -0.39 is 17.9 Å². The molecule has 0 saturated carbocycles. The second-order valence-corrected chi connectivity index (χ2v) is 5.34. The van der Waals surface area contributed by atoms with Crippen molar-refractivity contribution in [2.45, 2.75) is 13.0 Å². The Morgan fingerprint density at radius 2 is 2.10 bits per heavy atom. The van der Waals surface area contributed by atoms with Gasteiger partial charge in [0.15, 0.2) is 11.9 Å². The molecule has 2 aliphatic rings. The second-order valence-electron chi connectivity index (χ2n) is 4.91. The molecule has 3 rings (SSSR count). The molecule has 0 saturated heterocycles. The minimum Gasteiger partial charge on any atom is -0.480 e. The number of hydrogen-bond donors (Lipinski definition) is 1. The Hall–Kier alpha value is -2.33. The van der Waals surface area contributed by atoms with Gasteiger partial charge in [0, 0.05) is 11.1 Å². The molecule has 1 aliphatic heterocycles. The summed E-state index contributed by atoms with van der Waals surface area (Å²) in [6.45, 7) is 1.90. The Balaban J connectivity index is 2.16. The van der Waals surface area contributed by atoms with Crippen LogP contribution in [0.3, 0.4) is 0 Å². The largest absolute Gasteiger partial charge is 0.480 e. The topological polar surface area (TPSA) is 63.6 Å². The molecule has 21 heavy (non-hydrogen) atoms. The third-order valence-corrected chi connectivity index (χ3v) is 3.60. The first-order chi connectivity index (χ1) is 9.97. The standard InChI is InChI=1S/C16H11ClO4/c1-8-3-2-4-9(5-8)15-14(16(19)20)13-11(18)6-10(17)7-12(13)21-15/h2-7,15H,1H3,(H,19,20). The maximum absolute atomic E-state index is 12.0. The van der Waals surface area contributed by atoms with Crippen molar-refractivity contribution < 1.29 is 19.4 Å². The van der Waals surface area contributed by atoms with Crippen molar-refractivity contribution in [1.82, 2.24) is 0 Å². The van der Waals surface area contributed by atoms with E-state index in [-0.39, 0.29) is 21.9 Å². The molecule has 1 heterocycles. The number of benzene rings is 1. The average molecular weight is 303 g/mol. The number of rotatable bonds is 2. The minimum absolute atomic E-state index is 0.0442. The lowest BCUT2D eigenvalue weighted by atomic mass is 9.94. The van der Waals surface area contributed by atoms with Gasteiger partial charge in [-0.2, -0.15) is 0 Å². The van der Waals surface area contributed by atoms with Crippen molar-refractivity contribution in [2.75, 3.05) is 0 Å². The summed E-state index contributed by atoms with van der Waals surface area (Å²) in [6.07, 6.45) is 1.87. The molecule has 0 spiro atoms. The monoisotopic (exact) mass is 302 g/mol. The van der Waals surface area contributed by atoms with Crippen LogP contribution in [0.25, 0.3) is 0 Å². The fraction of sp³-hybridized carbons (Fsp3) is 0.125. The number of hydrogen-bond acceptors (Lipinski definition) is 3. The number of fused-ring (bicyclic) bond motifs is 1. The van der Waals surface area contributed by atoms with E-state index >= 15 is 0 Å². The zero-order valence-electron chi connectivity index (χ0n) is 11.1. The number of carboxylic acids is 1. The number of halogens is 1. The molecular weight excluding hydrogens is 292 g/mol. The molecule has 1 N–H and O–H groups in total. The lowest BCUT2D eigenvalue weighted by molar-refractivity contribution is -0.133. The first-order valence-electron chi connectivity index (χ1n) is 6.31. The molecule has 1 aromatic carbocycles. The van der Waals surface area contributed by atoms with Crippen molar-refractivity contribution >= 4 is 23.4 Å². The van der Waals surface area contributed by atoms with Crippen molar-refractivity contribution in [3.05, 3.63) is 69.5 Å². The van der Waals surface area contributed by atoms with E-state index in [1.807, 2.05) is 25.1 Å². The molecule has 1 atom stereocenters. The third kappa shape index (κ3) is 2.28. The summed E-state index contributed by atoms with van der Waals surface area (Å²) in [5.74, 6) is -1.39. The first-order valence-corrected chi connectivity index (χ1v) is 6.69. The first kappa shape index (κ1) is 13.6. The van der Waals surface area contributed by atoms with Gasteiger partial charge in [0.05, 0.1) is 11.1 Å². The Kier molecular flexibility index (Phi) is 3.18. The fourth-order valence-corrected chi connectivity index (χ4v) is 2.72. The van der Waals surface area contributed by atoms with Gasteiger partial charge in [-0.1, -0.05) is 41.4 Å². The van der Waals surface area contributed by atoms with Gasteiger partial charge in [0.25, 0.3) is 0 Å². The summed E-state index contributed by atoms with van der Waals surface area (Å²) in [5, 5.41) is 9.70. The Labute approximate surface area is 126 Å². The quantitative estimate of drug-likeness (QED) is 0.912. The molecule has 0 radical (unpaired) electrons. The van der Waals surface area contributed by atoms with Crippen molar-refractivity contribution in [2.24, 2.45) is 0 Å². The van der Waals surface area contributed by atoms with Crippen molar-refractivity contribution in [1.29, 1.82) is 0 Å². The Bertz CT molecular complexity index is 755. The minimum atomic E-state index is -1.17. The van der Waals surface area contributed by atoms with E-state index in [2.05, 4.69) is 0 Å². The number of aliphatic carboxylic acids is 1. The molecule has 106 valence electrons. The fourth-order valence-electron chi connectivity index (χ4n) is 2.52. The lowest BCUT2D eigenvalue weighted by Gasteiger charge is -2.14. The van der Waals surface area contributed by atoms with Crippen LogP contribution in [0.15, 0.2) is 58.4 Å². The normalized spacial score (nSPS) is 20.7. The SMILES string of the molecule is Cc1cccc(C2OC3=CC(Cl)=CC(=O)C3=C2C(=O)O)c1. The molecule has 4 nitrogen and oxygen atoms in total. The van der Waals surface area contributed by atoms with Crippen LogP contribution in [0.4, 0.5) is 0 Å². The number of ether oxygens (including phenoxy) is 1. The van der Waals surface area contributed by atoms with Crippen LogP contribution in [-0.2, 0) is 14.3 Å². The van der Waals surface area contributed by atoms with Crippen LogP contribution in [0.2, 0.25) is 0 Å². The van der Waals surface area contributed by atoms with Crippen LogP contribution in [0, 0.1) is 6.92 Å². The van der Waals surface area contributed by atoms with E-state index in [1.54, 1.807) is 6.07 Å². The number of carbonyl (C=O) groups excluding carboxylic acids is 1. The van der Waals surface area contributed by atoms with E-state index in [4.69, 9.17) is 16.3 Å². The van der Waals surface area contributed by atoms with Gasteiger partial charge in [0.2, 0.25) is 0 Å². The zero-order chi connectivity index (χ0) is 15.1. The van der Waals surface area contributed by atoms with Crippen molar-refractivity contribution in [3.63, 3.8) is 0 Å². The summed E-state index contributed by atoms with van der Waals surface area (Å²) in [5.41, 5.74) is 1.71. The maximum atomic E-state index is 12.0. The van der Waals surface area contributed by atoms with Gasteiger partial charge in [-0.15, -0.1) is 0 Å². The van der Waals surface area contributed by atoms with Gasteiger partial charge < -0.3 is 9.84 Å². The number of allylic oxidation sites excluding steroid dienone is 4. The molecule has 1 aromatic rings. The smallest absolute Gasteiger partial charge is 0.336 e. The average Bonchev–Trinajstić information content (AvgIpc) is 2.78. The lowest BCUT2D eigenvalue weighted by Crippen LogP contribution is -2.12. The van der Waals surface area contributed by atoms with Crippen molar-refractivity contribution in [3.8, 4) is 0 Å². The number of carbonyl (C=O) groups is 2. The third-order valence-electron chi connectivity index (χ3n) is 3.38. The molecule has 1 aliphatic carbocycles. The highest BCUT2D eigenvalue weighted by atomic mass is 35.5. The summed E-state index contributed by atoms with van der Waals surface area (Å²) in [6, 6.07) is 7.34. The maximum Gasteiger partial charge on any atom is 0.336 e. The van der Waals surface area contributed by atoms with Crippen LogP contribution in [0.5, 0.6) is 0 Å². The van der Waals surface area contributed by atoms with Gasteiger partial charge >= 0.3 is 5.97 Å². The highest BCUT2D eigenvalue weighted by Gasteiger charge is 2.40. The summed E-state index contributed by atoms with van der Waals surface area (Å²) < 4.78 is 5.68. The molecule has 0 aromatic heterocycles. The molecule has 1 unspecified atom stereocenters. The van der Waals surface area contributed by atoms with Crippen LogP contribution in [0.1, 0.15) is 17.2 Å². The molecule has 0 bridgehead atoms. The number of ketones is 1. The van der Waals surface area contributed by atoms with Gasteiger partial charge in [-0.25, -0.2) is 4.79 Å². The predicted octanol–water partition coefficient (Wildman–Crippen LogP) is 3.04. The summed E-state index contributed by atoms with van der Waals surface area (Å²) in [7, 11) is 0. The highest BCUT2D eigenvalue weighted by molar-refractivity contribution is 6.34. The summed E-state index contributed by atoms with van der Waals surface area (Å²) in [4.78, 5) is 23.6.